The second-order valence-electron chi connectivity index (χ2n) is 11.6. The van der Waals surface area contributed by atoms with E-state index < -0.39 is 0 Å². The normalized spacial score (nSPS) is 13.4. The zero-order valence-corrected chi connectivity index (χ0v) is 23.7. The number of unbranched alkanes of at least 4 members (excludes halogenated alkanes) is 10. The molecule has 0 aliphatic rings. The van der Waals surface area contributed by atoms with Gasteiger partial charge in [-0.2, -0.15) is 0 Å². The van der Waals surface area contributed by atoms with Crippen molar-refractivity contribution < 1.29 is 4.74 Å². The van der Waals surface area contributed by atoms with Crippen LogP contribution in [0.25, 0.3) is 0 Å². The quantitative estimate of drug-likeness (QED) is 0.135. The first-order chi connectivity index (χ1) is 15.3. The highest BCUT2D eigenvalue weighted by atomic mass is 16.5. The van der Waals surface area contributed by atoms with Crippen molar-refractivity contribution in [2.24, 2.45) is 11.8 Å². The Morgan fingerprint density at radius 3 is 1.78 bits per heavy atom. The minimum Gasteiger partial charge on any atom is -0.376 e. The van der Waals surface area contributed by atoms with E-state index in [1.807, 2.05) is 0 Å². The van der Waals surface area contributed by atoms with Gasteiger partial charge in [0.05, 0.1) is 5.60 Å². The summed E-state index contributed by atoms with van der Waals surface area (Å²) in [7, 11) is 2.34. The maximum absolute atomic E-state index is 6.16. The van der Waals surface area contributed by atoms with Crippen molar-refractivity contribution >= 4 is 0 Å². The van der Waals surface area contributed by atoms with Gasteiger partial charge in [0.15, 0.2) is 0 Å². The molecule has 0 bridgehead atoms. The predicted molar refractivity (Wildman–Crippen MR) is 146 cm³/mol. The summed E-state index contributed by atoms with van der Waals surface area (Å²) in [6.07, 6.45) is 23.6. The summed E-state index contributed by atoms with van der Waals surface area (Å²) in [5.41, 5.74) is 0.0212. The summed E-state index contributed by atoms with van der Waals surface area (Å²) in [5, 5.41) is 0. The molecule has 1 atom stereocenters. The fraction of sp³-hybridized carbons (Fsp3) is 1.00. The molecule has 0 aromatic heterocycles. The molecule has 1 unspecified atom stereocenters. The third-order valence-electron chi connectivity index (χ3n) is 7.01. The Balaban J connectivity index is 3.97. The van der Waals surface area contributed by atoms with Gasteiger partial charge in [0.25, 0.3) is 0 Å². The van der Waals surface area contributed by atoms with Gasteiger partial charge >= 0.3 is 0 Å². The topological polar surface area (TPSA) is 12.5 Å². The minimum atomic E-state index is 0.0212. The predicted octanol–water partition coefficient (Wildman–Crippen LogP) is 9.66. The van der Waals surface area contributed by atoms with Crippen molar-refractivity contribution in [1.29, 1.82) is 0 Å². The highest BCUT2D eigenvalue weighted by Gasteiger charge is 2.19. The summed E-state index contributed by atoms with van der Waals surface area (Å²) < 4.78 is 6.16. The third-order valence-corrected chi connectivity index (χ3v) is 7.01. The SMILES string of the molecule is CCCCCCCCCCCCC(CCCC)CN(C)CCCC(C)(C)OCCC(C)C. The minimum absolute atomic E-state index is 0.0212. The molecule has 0 fully saturated rings. The highest BCUT2D eigenvalue weighted by molar-refractivity contribution is 4.71. The molecule has 0 radical (unpaired) electrons. The molecule has 32 heavy (non-hydrogen) atoms. The molecule has 0 aromatic rings. The molecule has 0 rings (SSSR count). The van der Waals surface area contributed by atoms with Crippen LogP contribution in [0.3, 0.4) is 0 Å². The molecule has 0 aliphatic heterocycles. The highest BCUT2D eigenvalue weighted by Crippen LogP contribution is 2.21. The van der Waals surface area contributed by atoms with E-state index in [4.69, 9.17) is 4.74 Å². The van der Waals surface area contributed by atoms with Crippen molar-refractivity contribution in [2.45, 2.75) is 156 Å². The molecule has 0 aliphatic carbocycles. The Bertz CT molecular complexity index is 379. The number of hydrogen-bond donors (Lipinski definition) is 0. The maximum atomic E-state index is 6.16. The Kier molecular flexibility index (Phi) is 21.4. The Morgan fingerprint density at radius 1 is 0.688 bits per heavy atom. The molecule has 0 saturated carbocycles. The van der Waals surface area contributed by atoms with Crippen LogP contribution in [0.2, 0.25) is 0 Å². The standard InChI is InChI=1S/C30H63NO/c1-8-10-12-13-14-15-16-17-18-19-22-29(21-11-9-2)27-31(7)25-20-24-30(5,6)32-26-23-28(3)4/h28-29H,8-27H2,1-7H3. The first-order valence-corrected chi connectivity index (χ1v) is 14.6. The molecule has 0 spiro atoms. The zero-order chi connectivity index (χ0) is 24.1. The largest absolute Gasteiger partial charge is 0.376 e. The van der Waals surface area contributed by atoms with Crippen LogP contribution >= 0.6 is 0 Å². The average Bonchev–Trinajstić information content (AvgIpc) is 2.72. The van der Waals surface area contributed by atoms with Crippen LogP contribution in [0, 0.1) is 11.8 Å². The fourth-order valence-corrected chi connectivity index (χ4v) is 4.69. The van der Waals surface area contributed by atoms with Crippen molar-refractivity contribution in [1.82, 2.24) is 4.90 Å². The Morgan fingerprint density at radius 2 is 1.22 bits per heavy atom. The second-order valence-corrected chi connectivity index (χ2v) is 11.6. The van der Waals surface area contributed by atoms with Gasteiger partial charge in [-0.15, -0.1) is 0 Å². The van der Waals surface area contributed by atoms with Crippen LogP contribution in [0.4, 0.5) is 0 Å². The lowest BCUT2D eigenvalue weighted by Gasteiger charge is -2.28. The van der Waals surface area contributed by atoms with Gasteiger partial charge in [0.1, 0.15) is 0 Å². The summed E-state index contributed by atoms with van der Waals surface area (Å²) in [6.45, 7) is 17.1. The second kappa shape index (κ2) is 21.5. The molecule has 194 valence electrons. The summed E-state index contributed by atoms with van der Waals surface area (Å²) in [6, 6.07) is 0. The molecule has 0 N–H and O–H groups in total. The van der Waals surface area contributed by atoms with Gasteiger partial charge in [-0.1, -0.05) is 105 Å². The van der Waals surface area contributed by atoms with Gasteiger partial charge < -0.3 is 9.64 Å². The Hall–Kier alpha value is -0.0800. The van der Waals surface area contributed by atoms with Crippen molar-refractivity contribution in [2.75, 3.05) is 26.7 Å². The van der Waals surface area contributed by atoms with E-state index in [9.17, 15) is 0 Å². The summed E-state index contributed by atoms with van der Waals surface area (Å²) in [4.78, 5) is 2.60. The van der Waals surface area contributed by atoms with Gasteiger partial charge in [0, 0.05) is 13.2 Å². The molecule has 0 aromatic carbocycles. The van der Waals surface area contributed by atoms with Crippen LogP contribution < -0.4 is 0 Å². The van der Waals surface area contributed by atoms with Crippen LogP contribution in [0.15, 0.2) is 0 Å². The molecule has 2 nitrogen and oxygen atoms in total. The van der Waals surface area contributed by atoms with Crippen LogP contribution in [0.1, 0.15) is 151 Å². The lowest BCUT2D eigenvalue weighted by Crippen LogP contribution is -2.30. The van der Waals surface area contributed by atoms with Crippen molar-refractivity contribution in [3.05, 3.63) is 0 Å². The molecular weight excluding hydrogens is 390 g/mol. The molecule has 0 heterocycles. The van der Waals surface area contributed by atoms with E-state index in [2.05, 4.69) is 53.5 Å². The van der Waals surface area contributed by atoms with E-state index in [0.29, 0.717) is 0 Å². The molecule has 2 heteroatoms. The Labute approximate surface area is 204 Å². The van der Waals surface area contributed by atoms with Crippen molar-refractivity contribution in [3.8, 4) is 0 Å². The van der Waals surface area contributed by atoms with E-state index in [0.717, 1.165) is 24.9 Å². The zero-order valence-electron chi connectivity index (χ0n) is 23.7. The summed E-state index contributed by atoms with van der Waals surface area (Å²) >= 11 is 0. The van der Waals surface area contributed by atoms with Crippen molar-refractivity contribution in [3.63, 3.8) is 0 Å². The van der Waals surface area contributed by atoms with Crippen LogP contribution in [-0.2, 0) is 4.74 Å². The number of ether oxygens (including phenoxy) is 1. The average molecular weight is 454 g/mol. The molecule has 0 saturated heterocycles. The van der Waals surface area contributed by atoms with E-state index in [1.54, 1.807) is 0 Å². The van der Waals surface area contributed by atoms with E-state index in [-0.39, 0.29) is 5.60 Å². The lowest BCUT2D eigenvalue weighted by molar-refractivity contribution is -0.0300. The lowest BCUT2D eigenvalue weighted by atomic mass is 9.94. The van der Waals surface area contributed by atoms with Gasteiger partial charge in [0.2, 0.25) is 0 Å². The van der Waals surface area contributed by atoms with Crippen LogP contribution in [-0.4, -0.2) is 37.2 Å². The first-order valence-electron chi connectivity index (χ1n) is 14.6. The smallest absolute Gasteiger partial charge is 0.0627 e. The number of rotatable bonds is 24. The van der Waals surface area contributed by atoms with E-state index >= 15 is 0 Å². The maximum Gasteiger partial charge on any atom is 0.0627 e. The monoisotopic (exact) mass is 453 g/mol. The van der Waals surface area contributed by atoms with Gasteiger partial charge in [-0.3, -0.25) is 0 Å². The fourth-order valence-electron chi connectivity index (χ4n) is 4.69. The number of hydrogen-bond acceptors (Lipinski definition) is 2. The van der Waals surface area contributed by atoms with E-state index in [1.165, 1.54) is 116 Å². The van der Waals surface area contributed by atoms with Gasteiger partial charge in [-0.25, -0.2) is 0 Å². The molecule has 0 amide bonds. The molecular formula is C30H63NO. The third kappa shape index (κ3) is 21.7. The summed E-state index contributed by atoms with van der Waals surface area (Å²) in [5.74, 6) is 1.62. The first kappa shape index (κ1) is 31.9. The van der Waals surface area contributed by atoms with Gasteiger partial charge in [-0.05, 0) is 71.4 Å². The number of nitrogens with zero attached hydrogens (tertiary/aromatic N) is 1. The van der Waals surface area contributed by atoms with Crippen LogP contribution in [0.5, 0.6) is 0 Å².